The molecule has 4 aromatic rings. The lowest BCUT2D eigenvalue weighted by atomic mass is 9.99. The van der Waals surface area contributed by atoms with Gasteiger partial charge in [-0.15, -0.1) is 0 Å². The summed E-state index contributed by atoms with van der Waals surface area (Å²) in [5.41, 5.74) is 3.50. The van der Waals surface area contributed by atoms with Crippen LogP contribution < -0.4 is 0 Å². The number of rotatable bonds is 1. The molecule has 1 nitrogen and oxygen atoms in total. The Morgan fingerprint density at radius 1 is 0.714 bits per heavy atom. The number of halogens is 1. The minimum absolute atomic E-state index is 1.06. The van der Waals surface area contributed by atoms with E-state index in [0.29, 0.717) is 0 Å². The van der Waals surface area contributed by atoms with E-state index in [1.807, 2.05) is 12.3 Å². The third-order valence-electron chi connectivity index (χ3n) is 3.77. The van der Waals surface area contributed by atoms with Crippen LogP contribution in [-0.4, -0.2) is 4.98 Å². The first kappa shape index (κ1) is 12.5. The molecule has 4 rings (SSSR count). The molecule has 21 heavy (non-hydrogen) atoms. The summed E-state index contributed by atoms with van der Waals surface area (Å²) in [7, 11) is 0. The summed E-state index contributed by atoms with van der Waals surface area (Å²) < 4.78 is 1.10. The molecule has 1 aromatic heterocycles. The van der Waals surface area contributed by atoms with Gasteiger partial charge in [-0.1, -0.05) is 58.4 Å². The zero-order valence-electron chi connectivity index (χ0n) is 11.3. The first-order valence-corrected chi connectivity index (χ1v) is 7.64. The molecule has 0 aliphatic carbocycles. The summed E-state index contributed by atoms with van der Waals surface area (Å²) >= 11 is 3.48. The standard InChI is InChI=1S/C19H12BrN/c20-17-9-7-13(8-10-17)16-6-4-14-3-5-15-2-1-11-21-19(15)18(14)12-16/h1-12H. The summed E-state index contributed by atoms with van der Waals surface area (Å²) in [5.74, 6) is 0. The van der Waals surface area contributed by atoms with E-state index in [-0.39, 0.29) is 0 Å². The van der Waals surface area contributed by atoms with Crippen LogP contribution in [0.15, 0.2) is 77.4 Å². The summed E-state index contributed by atoms with van der Waals surface area (Å²) in [4.78, 5) is 4.55. The maximum atomic E-state index is 4.55. The zero-order chi connectivity index (χ0) is 14.2. The molecule has 0 bridgehead atoms. The van der Waals surface area contributed by atoms with Gasteiger partial charge in [0.1, 0.15) is 0 Å². The topological polar surface area (TPSA) is 12.9 Å². The van der Waals surface area contributed by atoms with Gasteiger partial charge in [0.2, 0.25) is 0 Å². The van der Waals surface area contributed by atoms with Crippen LogP contribution in [0.1, 0.15) is 0 Å². The predicted molar refractivity (Wildman–Crippen MR) is 92.4 cm³/mol. The molecular weight excluding hydrogens is 322 g/mol. The van der Waals surface area contributed by atoms with E-state index in [9.17, 15) is 0 Å². The monoisotopic (exact) mass is 333 g/mol. The van der Waals surface area contributed by atoms with Gasteiger partial charge in [0.25, 0.3) is 0 Å². The molecule has 3 aromatic carbocycles. The molecule has 0 atom stereocenters. The summed E-state index contributed by atoms with van der Waals surface area (Å²) in [5, 5.41) is 3.61. The third-order valence-corrected chi connectivity index (χ3v) is 4.30. The highest BCUT2D eigenvalue weighted by molar-refractivity contribution is 9.10. The Hall–Kier alpha value is -2.19. The van der Waals surface area contributed by atoms with Crippen LogP contribution in [0.2, 0.25) is 0 Å². The number of nitrogens with zero attached hydrogens (tertiary/aromatic N) is 1. The van der Waals surface area contributed by atoms with Gasteiger partial charge in [-0.05, 0) is 40.8 Å². The largest absolute Gasteiger partial charge is 0.256 e. The SMILES string of the molecule is Brc1ccc(-c2ccc3ccc4cccnc4c3c2)cc1. The summed E-state index contributed by atoms with van der Waals surface area (Å²) in [6.45, 7) is 0. The van der Waals surface area contributed by atoms with Gasteiger partial charge in [-0.2, -0.15) is 0 Å². The third kappa shape index (κ3) is 2.22. The fourth-order valence-electron chi connectivity index (χ4n) is 2.69. The van der Waals surface area contributed by atoms with Crippen molar-refractivity contribution in [2.45, 2.75) is 0 Å². The second-order valence-electron chi connectivity index (χ2n) is 5.08. The van der Waals surface area contributed by atoms with Crippen molar-refractivity contribution in [2.24, 2.45) is 0 Å². The fourth-order valence-corrected chi connectivity index (χ4v) is 2.95. The average molecular weight is 334 g/mol. The molecule has 100 valence electrons. The average Bonchev–Trinajstić information content (AvgIpc) is 2.55. The van der Waals surface area contributed by atoms with Crippen molar-refractivity contribution in [1.82, 2.24) is 4.98 Å². The lowest BCUT2D eigenvalue weighted by Crippen LogP contribution is -1.83. The van der Waals surface area contributed by atoms with E-state index < -0.39 is 0 Å². The van der Waals surface area contributed by atoms with Gasteiger partial charge in [-0.3, -0.25) is 4.98 Å². The van der Waals surface area contributed by atoms with Crippen LogP contribution >= 0.6 is 15.9 Å². The quantitative estimate of drug-likeness (QED) is 0.400. The Bertz CT molecular complexity index is 942. The van der Waals surface area contributed by atoms with Gasteiger partial charge in [0.15, 0.2) is 0 Å². The van der Waals surface area contributed by atoms with Crippen molar-refractivity contribution in [3.05, 3.63) is 77.4 Å². The van der Waals surface area contributed by atoms with Gasteiger partial charge < -0.3 is 0 Å². The number of aromatic nitrogens is 1. The molecular formula is C19H12BrN. The van der Waals surface area contributed by atoms with E-state index >= 15 is 0 Å². The second-order valence-corrected chi connectivity index (χ2v) is 6.00. The van der Waals surface area contributed by atoms with E-state index in [2.05, 4.69) is 81.6 Å². The van der Waals surface area contributed by atoms with Gasteiger partial charge in [0.05, 0.1) is 5.52 Å². The number of hydrogen-bond donors (Lipinski definition) is 0. The molecule has 0 spiro atoms. The molecule has 0 aliphatic rings. The number of pyridine rings is 1. The van der Waals surface area contributed by atoms with E-state index in [1.54, 1.807) is 0 Å². The first-order chi connectivity index (χ1) is 10.3. The van der Waals surface area contributed by atoms with Crippen molar-refractivity contribution >= 4 is 37.6 Å². The summed E-state index contributed by atoms with van der Waals surface area (Å²) in [6.07, 6.45) is 1.86. The molecule has 0 aliphatic heterocycles. The molecule has 0 amide bonds. The Morgan fingerprint density at radius 2 is 1.43 bits per heavy atom. The van der Waals surface area contributed by atoms with Gasteiger partial charge >= 0.3 is 0 Å². The normalized spacial score (nSPS) is 11.1. The van der Waals surface area contributed by atoms with Crippen molar-refractivity contribution < 1.29 is 0 Å². The number of fused-ring (bicyclic) bond motifs is 3. The van der Waals surface area contributed by atoms with Crippen molar-refractivity contribution in [3.8, 4) is 11.1 Å². The van der Waals surface area contributed by atoms with Gasteiger partial charge in [0, 0.05) is 21.4 Å². The molecule has 0 radical (unpaired) electrons. The maximum Gasteiger partial charge on any atom is 0.0780 e. The fraction of sp³-hybridized carbons (Fsp3) is 0. The zero-order valence-corrected chi connectivity index (χ0v) is 12.8. The van der Waals surface area contributed by atoms with Crippen molar-refractivity contribution in [1.29, 1.82) is 0 Å². The van der Waals surface area contributed by atoms with E-state index in [1.165, 1.54) is 27.3 Å². The van der Waals surface area contributed by atoms with Gasteiger partial charge in [-0.25, -0.2) is 0 Å². The highest BCUT2D eigenvalue weighted by Gasteiger charge is 2.04. The molecule has 0 saturated heterocycles. The summed E-state index contributed by atoms with van der Waals surface area (Å²) in [6, 6.07) is 23.3. The van der Waals surface area contributed by atoms with E-state index in [4.69, 9.17) is 0 Å². The van der Waals surface area contributed by atoms with Crippen LogP contribution in [0.25, 0.3) is 32.8 Å². The van der Waals surface area contributed by atoms with Crippen LogP contribution in [0.5, 0.6) is 0 Å². The number of hydrogen-bond acceptors (Lipinski definition) is 1. The van der Waals surface area contributed by atoms with Crippen LogP contribution in [0, 0.1) is 0 Å². The Morgan fingerprint density at radius 3 is 2.29 bits per heavy atom. The number of benzene rings is 3. The minimum Gasteiger partial charge on any atom is -0.256 e. The highest BCUT2D eigenvalue weighted by Crippen LogP contribution is 2.29. The lowest BCUT2D eigenvalue weighted by Gasteiger charge is -2.07. The molecule has 0 saturated carbocycles. The lowest BCUT2D eigenvalue weighted by molar-refractivity contribution is 1.43. The molecule has 0 fully saturated rings. The van der Waals surface area contributed by atoms with E-state index in [0.717, 1.165) is 9.99 Å². The predicted octanol–water partition coefficient (Wildman–Crippen LogP) is 5.82. The first-order valence-electron chi connectivity index (χ1n) is 6.85. The Balaban J connectivity index is 2.00. The van der Waals surface area contributed by atoms with Crippen LogP contribution in [-0.2, 0) is 0 Å². The van der Waals surface area contributed by atoms with Crippen LogP contribution in [0.3, 0.4) is 0 Å². The maximum absolute atomic E-state index is 4.55. The van der Waals surface area contributed by atoms with Crippen molar-refractivity contribution in [2.75, 3.05) is 0 Å². The minimum atomic E-state index is 1.06. The Labute approximate surface area is 131 Å². The second kappa shape index (κ2) is 4.97. The van der Waals surface area contributed by atoms with Crippen molar-refractivity contribution in [3.63, 3.8) is 0 Å². The highest BCUT2D eigenvalue weighted by atomic mass is 79.9. The molecule has 2 heteroatoms. The molecule has 0 unspecified atom stereocenters. The van der Waals surface area contributed by atoms with Crippen LogP contribution in [0.4, 0.5) is 0 Å². The Kier molecular flexibility index (Phi) is 2.97. The smallest absolute Gasteiger partial charge is 0.0780 e. The molecule has 1 heterocycles. The molecule has 0 N–H and O–H groups in total.